The quantitative estimate of drug-likeness (QED) is 0.761. The van der Waals surface area contributed by atoms with Crippen molar-refractivity contribution >= 4 is 23.8 Å². The Balaban J connectivity index is 1.38. The largest absolute Gasteiger partial charge is 0.467 e. The third kappa shape index (κ3) is 3.17. The van der Waals surface area contributed by atoms with Gasteiger partial charge in [0.15, 0.2) is 0 Å². The lowest BCUT2D eigenvalue weighted by Crippen LogP contribution is -2.52. The third-order valence-electron chi connectivity index (χ3n) is 5.60. The van der Waals surface area contributed by atoms with Gasteiger partial charge >= 0.3 is 6.03 Å². The van der Waals surface area contributed by atoms with E-state index in [0.717, 1.165) is 24.3 Å². The summed E-state index contributed by atoms with van der Waals surface area (Å²) in [6.07, 6.45) is 5.51. The normalized spacial score (nSPS) is 24.6. The van der Waals surface area contributed by atoms with E-state index < -0.39 is 29.3 Å². The first kappa shape index (κ1) is 17.6. The fraction of sp³-hybridized carbons (Fsp3) is 0.556. The highest BCUT2D eigenvalue weighted by Crippen LogP contribution is 2.33. The van der Waals surface area contributed by atoms with Crippen molar-refractivity contribution in [3.05, 3.63) is 24.2 Å². The second-order valence-corrected chi connectivity index (χ2v) is 7.44. The molecule has 2 aliphatic heterocycles. The molecular weight excluding hydrogens is 352 g/mol. The molecule has 144 valence electrons. The van der Waals surface area contributed by atoms with Crippen LogP contribution >= 0.6 is 0 Å². The molecule has 1 aliphatic carbocycles. The molecule has 3 heterocycles. The number of nitrogens with zero attached hydrogens (tertiary/aromatic N) is 2. The minimum Gasteiger partial charge on any atom is -0.467 e. The van der Waals surface area contributed by atoms with Crippen molar-refractivity contribution in [3.63, 3.8) is 0 Å². The zero-order valence-electron chi connectivity index (χ0n) is 14.9. The minimum absolute atomic E-state index is 0.0430. The molecule has 0 bridgehead atoms. The lowest BCUT2D eigenvalue weighted by molar-refractivity contribution is -0.141. The second kappa shape index (κ2) is 6.71. The fourth-order valence-corrected chi connectivity index (χ4v) is 4.11. The van der Waals surface area contributed by atoms with E-state index in [1.165, 1.54) is 11.2 Å². The van der Waals surface area contributed by atoms with Gasteiger partial charge in [0.1, 0.15) is 11.3 Å². The van der Waals surface area contributed by atoms with Crippen molar-refractivity contribution in [1.29, 1.82) is 0 Å². The second-order valence-electron chi connectivity index (χ2n) is 7.44. The van der Waals surface area contributed by atoms with Crippen LogP contribution in [0.3, 0.4) is 0 Å². The monoisotopic (exact) mass is 374 g/mol. The van der Waals surface area contributed by atoms with Gasteiger partial charge in [-0.1, -0.05) is 19.3 Å². The van der Waals surface area contributed by atoms with Crippen molar-refractivity contribution < 1.29 is 23.6 Å². The summed E-state index contributed by atoms with van der Waals surface area (Å²) >= 11 is 0. The van der Waals surface area contributed by atoms with Gasteiger partial charge in [0.2, 0.25) is 11.8 Å². The summed E-state index contributed by atoms with van der Waals surface area (Å²) in [5, 5.41) is 3.53. The molecular formula is C18H22N4O5. The smallest absolute Gasteiger partial charge is 0.344 e. The van der Waals surface area contributed by atoms with Crippen LogP contribution in [-0.2, 0) is 20.9 Å². The molecule has 0 aromatic carbocycles. The average Bonchev–Trinajstić information content (AvgIpc) is 3.34. The zero-order chi connectivity index (χ0) is 19.0. The Kier molecular flexibility index (Phi) is 4.37. The van der Waals surface area contributed by atoms with E-state index in [0.29, 0.717) is 25.1 Å². The summed E-state index contributed by atoms with van der Waals surface area (Å²) in [5.41, 5.74) is 1.53. The number of hydrogen-bond donors (Lipinski definition) is 2. The van der Waals surface area contributed by atoms with Crippen LogP contribution in [0.1, 0.15) is 44.3 Å². The number of rotatable bonds is 4. The molecule has 4 rings (SSSR count). The molecule has 1 saturated carbocycles. The van der Waals surface area contributed by atoms with Crippen LogP contribution in [0.4, 0.5) is 4.79 Å². The highest BCUT2D eigenvalue weighted by Gasteiger charge is 2.52. The fourth-order valence-electron chi connectivity index (χ4n) is 4.11. The number of imide groups is 1. The number of furan rings is 1. The number of likely N-dealkylation sites (tertiary alicyclic amines) is 1. The number of hydrogen-bond acceptors (Lipinski definition) is 5. The highest BCUT2D eigenvalue weighted by atomic mass is 16.3. The molecule has 2 N–H and O–H groups in total. The predicted octanol–water partition coefficient (Wildman–Crippen LogP) is 0.914. The van der Waals surface area contributed by atoms with Crippen molar-refractivity contribution in [2.75, 3.05) is 6.54 Å². The van der Waals surface area contributed by atoms with E-state index in [1.807, 2.05) is 0 Å². The molecule has 27 heavy (non-hydrogen) atoms. The first-order chi connectivity index (χ1) is 13.0. The molecule has 2 saturated heterocycles. The standard InChI is InChI=1S/C18H22N4O5/c23-14-9-12(10-21(14)11-13-5-4-8-27-13)15(24)20-22-16(25)18(19-17(22)26)6-2-1-3-7-18/h4-5,8,12H,1-3,6-7,9-11H2,(H,19,26)(H,20,24)/t12-/m0/s1. The lowest BCUT2D eigenvalue weighted by Gasteiger charge is -2.30. The SMILES string of the molecule is O=C(NN1C(=O)NC2(CCCCC2)C1=O)[C@H]1CC(=O)N(Cc2ccco2)C1. The van der Waals surface area contributed by atoms with Crippen LogP contribution in [0.2, 0.25) is 0 Å². The number of hydrazine groups is 1. The van der Waals surface area contributed by atoms with Crippen LogP contribution in [0, 0.1) is 5.92 Å². The predicted molar refractivity (Wildman–Crippen MR) is 91.6 cm³/mol. The molecule has 1 aromatic rings. The van der Waals surface area contributed by atoms with Crippen molar-refractivity contribution in [3.8, 4) is 0 Å². The Morgan fingerprint density at radius 3 is 2.74 bits per heavy atom. The number of carbonyl (C=O) groups excluding carboxylic acids is 4. The van der Waals surface area contributed by atoms with Gasteiger partial charge in [0.05, 0.1) is 18.7 Å². The van der Waals surface area contributed by atoms with Crippen LogP contribution in [0.15, 0.2) is 22.8 Å². The number of carbonyl (C=O) groups is 4. The van der Waals surface area contributed by atoms with E-state index >= 15 is 0 Å². The molecule has 3 aliphatic rings. The van der Waals surface area contributed by atoms with Gasteiger partial charge in [-0.2, -0.15) is 5.01 Å². The Morgan fingerprint density at radius 2 is 2.04 bits per heavy atom. The van der Waals surface area contributed by atoms with Crippen molar-refractivity contribution in [2.24, 2.45) is 5.92 Å². The molecule has 1 aromatic heterocycles. The molecule has 5 amide bonds. The first-order valence-electron chi connectivity index (χ1n) is 9.26. The molecule has 0 radical (unpaired) electrons. The van der Waals surface area contributed by atoms with E-state index in [9.17, 15) is 19.2 Å². The van der Waals surface area contributed by atoms with Crippen molar-refractivity contribution in [1.82, 2.24) is 20.7 Å². The molecule has 9 nitrogen and oxygen atoms in total. The maximum Gasteiger partial charge on any atom is 0.344 e. The van der Waals surface area contributed by atoms with E-state index in [2.05, 4.69) is 10.7 Å². The topological polar surface area (TPSA) is 112 Å². The number of urea groups is 1. The van der Waals surface area contributed by atoms with Gasteiger partial charge in [-0.25, -0.2) is 4.79 Å². The molecule has 9 heteroatoms. The van der Waals surface area contributed by atoms with Gasteiger partial charge in [-0.15, -0.1) is 0 Å². The summed E-state index contributed by atoms with van der Waals surface area (Å²) in [7, 11) is 0. The Bertz CT molecular complexity index is 769. The molecule has 0 unspecified atom stereocenters. The van der Waals surface area contributed by atoms with E-state index in [-0.39, 0.29) is 18.9 Å². The van der Waals surface area contributed by atoms with Gasteiger partial charge in [0, 0.05) is 13.0 Å². The minimum atomic E-state index is -0.889. The number of nitrogens with one attached hydrogen (secondary N) is 2. The van der Waals surface area contributed by atoms with Gasteiger partial charge < -0.3 is 14.6 Å². The van der Waals surface area contributed by atoms with E-state index in [4.69, 9.17) is 4.42 Å². The third-order valence-corrected chi connectivity index (χ3v) is 5.60. The summed E-state index contributed by atoms with van der Waals surface area (Å²) in [6.45, 7) is 0.516. The van der Waals surface area contributed by atoms with Crippen LogP contribution in [0.25, 0.3) is 0 Å². The first-order valence-corrected chi connectivity index (χ1v) is 9.26. The van der Waals surface area contributed by atoms with Gasteiger partial charge in [-0.3, -0.25) is 19.8 Å². The van der Waals surface area contributed by atoms with Crippen molar-refractivity contribution in [2.45, 2.75) is 50.6 Å². The van der Waals surface area contributed by atoms with Crippen LogP contribution in [0.5, 0.6) is 0 Å². The van der Waals surface area contributed by atoms with Crippen LogP contribution < -0.4 is 10.7 Å². The summed E-state index contributed by atoms with van der Waals surface area (Å²) in [6, 6.07) is 2.89. The van der Waals surface area contributed by atoms with Gasteiger partial charge in [-0.05, 0) is 25.0 Å². The Morgan fingerprint density at radius 1 is 1.26 bits per heavy atom. The van der Waals surface area contributed by atoms with Gasteiger partial charge in [0.25, 0.3) is 5.91 Å². The molecule has 1 atom stereocenters. The lowest BCUT2D eigenvalue weighted by atomic mass is 9.82. The maximum absolute atomic E-state index is 12.7. The summed E-state index contributed by atoms with van der Waals surface area (Å²) in [4.78, 5) is 51.2. The highest BCUT2D eigenvalue weighted by molar-refractivity contribution is 6.08. The summed E-state index contributed by atoms with van der Waals surface area (Å²) < 4.78 is 5.24. The van der Waals surface area contributed by atoms with E-state index in [1.54, 1.807) is 12.1 Å². The Labute approximate surface area is 156 Å². The van der Waals surface area contributed by atoms with Crippen LogP contribution in [-0.4, -0.2) is 45.7 Å². The summed E-state index contributed by atoms with van der Waals surface area (Å²) in [5.74, 6) is -1.04. The zero-order valence-corrected chi connectivity index (χ0v) is 14.9. The molecule has 1 spiro atoms. The molecule has 3 fully saturated rings. The average molecular weight is 374 g/mol. The number of amides is 5. The Hall–Kier alpha value is -2.84. The maximum atomic E-state index is 12.7.